The Kier molecular flexibility index (Phi) is 10.5. The number of β-amino-alcohol motifs (C(OH)–C–C–N with tert-alkyl or cyclic N) is 1. The number of ether oxygens (including phenoxy) is 2. The molecule has 0 bridgehead atoms. The van der Waals surface area contributed by atoms with Crippen molar-refractivity contribution in [1.29, 1.82) is 5.26 Å². The Morgan fingerprint density at radius 3 is 2.76 bits per heavy atom. The first kappa shape index (κ1) is 29.1. The number of benzene rings is 1. The molecule has 2 heterocycles. The average molecular weight is 552 g/mol. The Morgan fingerprint density at radius 2 is 2.08 bits per heavy atom. The van der Waals surface area contributed by atoms with Gasteiger partial charge in [-0.1, -0.05) is 17.7 Å². The number of rotatable bonds is 13. The number of aromatic nitrogens is 1. The largest absolute Gasteiger partial charge is 0.489 e. The molecule has 1 aromatic heterocycles. The predicted molar refractivity (Wildman–Crippen MR) is 142 cm³/mol. The van der Waals surface area contributed by atoms with E-state index in [9.17, 15) is 18.8 Å². The molecule has 3 rings (SSSR count). The molecule has 1 aliphatic rings. The number of morpholine rings is 1. The number of nitrogens with one attached hydrogen (secondary N) is 2. The second-order valence-corrected chi connectivity index (χ2v) is 11.5. The number of hydrogen-bond donors (Lipinski definition) is 3. The van der Waals surface area contributed by atoms with Gasteiger partial charge >= 0.3 is 10.2 Å². The lowest BCUT2D eigenvalue weighted by Crippen LogP contribution is -2.44. The van der Waals surface area contributed by atoms with Crippen molar-refractivity contribution in [1.82, 2.24) is 14.6 Å². The Hall–Kier alpha value is -2.46. The summed E-state index contributed by atoms with van der Waals surface area (Å²) in [5.41, 5.74) is 1.06. The fourth-order valence-electron chi connectivity index (χ4n) is 3.86. The van der Waals surface area contributed by atoms with Crippen molar-refractivity contribution >= 4 is 27.5 Å². The van der Waals surface area contributed by atoms with Crippen molar-refractivity contribution in [2.24, 2.45) is 0 Å². The molecule has 1 fully saturated rings. The van der Waals surface area contributed by atoms with Crippen LogP contribution in [0.3, 0.4) is 0 Å². The molecule has 0 amide bonds. The fourth-order valence-corrected chi connectivity index (χ4v) is 5.37. The molecule has 0 unspecified atom stereocenters. The molecular formula is C25H34ClN5O5S. The minimum atomic E-state index is -3.85. The van der Waals surface area contributed by atoms with Crippen LogP contribution < -0.4 is 14.8 Å². The molecule has 0 radical (unpaired) electrons. The van der Waals surface area contributed by atoms with E-state index in [-0.39, 0.29) is 47.3 Å². The highest BCUT2D eigenvalue weighted by molar-refractivity contribution is 7.90. The Bertz CT molecular complexity index is 1170. The van der Waals surface area contributed by atoms with Crippen molar-refractivity contribution in [3.8, 4) is 11.8 Å². The average Bonchev–Trinajstić information content (AvgIpc) is 2.88. The van der Waals surface area contributed by atoms with Gasteiger partial charge in [0, 0.05) is 37.6 Å². The molecule has 0 spiro atoms. The summed E-state index contributed by atoms with van der Waals surface area (Å²) in [7, 11) is -3.85. The van der Waals surface area contributed by atoms with E-state index in [0.29, 0.717) is 19.8 Å². The molecule has 12 heteroatoms. The van der Waals surface area contributed by atoms with Crippen LogP contribution in [-0.2, 0) is 21.4 Å². The molecule has 37 heavy (non-hydrogen) atoms. The monoisotopic (exact) mass is 551 g/mol. The maximum absolute atomic E-state index is 12.6. The number of pyridine rings is 1. The van der Waals surface area contributed by atoms with Crippen LogP contribution in [0.5, 0.6) is 5.75 Å². The Labute approximate surface area is 223 Å². The van der Waals surface area contributed by atoms with Gasteiger partial charge in [-0.05, 0) is 56.9 Å². The third-order valence-corrected chi connectivity index (χ3v) is 7.92. The quantitative estimate of drug-likeness (QED) is 0.345. The normalized spacial score (nSPS) is 15.6. The van der Waals surface area contributed by atoms with Crippen LogP contribution in [0.1, 0.15) is 37.8 Å². The highest BCUT2D eigenvalue weighted by atomic mass is 35.5. The van der Waals surface area contributed by atoms with E-state index in [1.807, 2.05) is 18.3 Å². The summed E-state index contributed by atoms with van der Waals surface area (Å²) in [6.45, 7) is 5.46. The summed E-state index contributed by atoms with van der Waals surface area (Å²) >= 11 is 6.34. The Balaban J connectivity index is 1.50. The van der Waals surface area contributed by atoms with Gasteiger partial charge in [0.05, 0.1) is 23.9 Å². The maximum Gasteiger partial charge on any atom is 0.301 e. The summed E-state index contributed by atoms with van der Waals surface area (Å²) in [6.07, 6.45) is 5.61. The van der Waals surface area contributed by atoms with E-state index in [1.54, 1.807) is 6.20 Å². The van der Waals surface area contributed by atoms with Crippen molar-refractivity contribution in [2.45, 2.75) is 44.8 Å². The lowest BCUT2D eigenvalue weighted by atomic mass is 9.95. The number of aliphatic hydroxyl groups is 1. The molecule has 0 aliphatic carbocycles. The first-order chi connectivity index (χ1) is 17.6. The van der Waals surface area contributed by atoms with Gasteiger partial charge in [-0.15, -0.1) is 0 Å². The SMILES string of the molecule is CC(C)(CCCc1cccnc1)NC[C@@H](O)COc1ccc(NS(=O)(=O)N2CCOCC2)c(Cl)c1C#N. The highest BCUT2D eigenvalue weighted by Gasteiger charge is 2.26. The molecule has 1 saturated heterocycles. The van der Waals surface area contributed by atoms with Crippen molar-refractivity contribution in [3.05, 3.63) is 52.8 Å². The molecule has 2 aromatic rings. The Morgan fingerprint density at radius 1 is 1.32 bits per heavy atom. The smallest absolute Gasteiger partial charge is 0.301 e. The van der Waals surface area contributed by atoms with Gasteiger partial charge in [0.25, 0.3) is 0 Å². The minimum absolute atomic E-state index is 0.0141. The topological polar surface area (TPSA) is 137 Å². The molecule has 10 nitrogen and oxygen atoms in total. The lowest BCUT2D eigenvalue weighted by Gasteiger charge is -2.28. The third kappa shape index (κ3) is 8.81. The number of anilines is 1. The molecule has 1 atom stereocenters. The van der Waals surface area contributed by atoms with E-state index in [2.05, 4.69) is 34.9 Å². The lowest BCUT2D eigenvalue weighted by molar-refractivity contribution is 0.0733. The highest BCUT2D eigenvalue weighted by Crippen LogP contribution is 2.33. The van der Waals surface area contributed by atoms with Crippen LogP contribution in [0.2, 0.25) is 5.02 Å². The summed E-state index contributed by atoms with van der Waals surface area (Å²) in [5.74, 6) is 0.164. The number of nitrogens with zero attached hydrogens (tertiary/aromatic N) is 3. The zero-order chi connectivity index (χ0) is 26.9. The van der Waals surface area contributed by atoms with Crippen LogP contribution in [0.4, 0.5) is 5.69 Å². The van der Waals surface area contributed by atoms with Gasteiger partial charge in [-0.2, -0.15) is 18.0 Å². The van der Waals surface area contributed by atoms with Crippen LogP contribution >= 0.6 is 11.6 Å². The van der Waals surface area contributed by atoms with Gasteiger partial charge in [-0.25, -0.2) is 0 Å². The van der Waals surface area contributed by atoms with Crippen molar-refractivity contribution in [2.75, 3.05) is 44.2 Å². The molecule has 202 valence electrons. The standard InChI is InChI=1S/C25H34ClN5O5S/c1-25(2,9-3-5-19-6-4-10-28-16-19)29-17-20(32)18-36-23-8-7-22(24(26)21(23)15-27)30-37(33,34)31-11-13-35-14-12-31/h4,6-8,10,16,20,29-30,32H,3,5,9,11-14,17-18H2,1-2H3/t20-/m1/s1. The van der Waals surface area contributed by atoms with E-state index >= 15 is 0 Å². The number of aryl methyl sites for hydroxylation is 1. The zero-order valence-electron chi connectivity index (χ0n) is 21.1. The minimum Gasteiger partial charge on any atom is -0.489 e. The van der Waals surface area contributed by atoms with E-state index in [0.717, 1.165) is 19.3 Å². The molecular weight excluding hydrogens is 518 g/mol. The van der Waals surface area contributed by atoms with Gasteiger partial charge in [0.15, 0.2) is 0 Å². The molecule has 1 aromatic carbocycles. The van der Waals surface area contributed by atoms with Crippen LogP contribution in [0.15, 0.2) is 36.7 Å². The van der Waals surface area contributed by atoms with E-state index in [4.69, 9.17) is 21.1 Å². The number of aliphatic hydroxyl groups excluding tert-OH is 1. The second kappa shape index (κ2) is 13.4. The van der Waals surface area contributed by atoms with Crippen molar-refractivity contribution < 1.29 is 23.0 Å². The molecule has 3 N–H and O–H groups in total. The van der Waals surface area contributed by atoms with E-state index in [1.165, 1.54) is 22.0 Å². The van der Waals surface area contributed by atoms with Crippen molar-refractivity contribution in [3.63, 3.8) is 0 Å². The predicted octanol–water partition coefficient (Wildman–Crippen LogP) is 2.73. The van der Waals surface area contributed by atoms with Crippen LogP contribution in [-0.4, -0.2) is 73.9 Å². The second-order valence-electron chi connectivity index (χ2n) is 9.48. The molecule has 1 aliphatic heterocycles. The van der Waals surface area contributed by atoms with E-state index < -0.39 is 16.3 Å². The zero-order valence-corrected chi connectivity index (χ0v) is 22.7. The number of nitriles is 1. The summed E-state index contributed by atoms with van der Waals surface area (Å²) in [6, 6.07) is 8.84. The summed E-state index contributed by atoms with van der Waals surface area (Å²) in [5, 5.41) is 23.3. The third-order valence-electron chi connectivity index (χ3n) is 6.00. The maximum atomic E-state index is 12.6. The van der Waals surface area contributed by atoms with Gasteiger partial charge in [0.1, 0.15) is 30.1 Å². The fraction of sp³-hybridized carbons (Fsp3) is 0.520. The van der Waals surface area contributed by atoms with Crippen LogP contribution in [0.25, 0.3) is 0 Å². The van der Waals surface area contributed by atoms with Crippen LogP contribution in [0, 0.1) is 11.3 Å². The van der Waals surface area contributed by atoms with Gasteiger partial charge in [0.2, 0.25) is 0 Å². The van der Waals surface area contributed by atoms with Gasteiger partial charge < -0.3 is 19.9 Å². The summed E-state index contributed by atoms with van der Waals surface area (Å²) in [4.78, 5) is 4.13. The van der Waals surface area contributed by atoms with Gasteiger partial charge in [-0.3, -0.25) is 9.71 Å². The number of hydrogen-bond acceptors (Lipinski definition) is 8. The molecule has 0 saturated carbocycles. The summed E-state index contributed by atoms with van der Waals surface area (Å²) < 4.78 is 39.8. The first-order valence-electron chi connectivity index (χ1n) is 12.1. The number of halogens is 1. The first-order valence-corrected chi connectivity index (χ1v) is 14.0.